The number of allylic oxidation sites excluding steroid dienone is 1. The highest BCUT2D eigenvalue weighted by atomic mass is 16.6. The van der Waals surface area contributed by atoms with Gasteiger partial charge in [-0.25, -0.2) is 9.59 Å². The maximum absolute atomic E-state index is 12.9. The molecule has 0 radical (unpaired) electrons. The molecule has 1 saturated heterocycles. The number of amides is 2. The molecular formula is C23H31N3O5. The number of anilines is 1. The topological polar surface area (TPSA) is 88.2 Å². The van der Waals surface area contributed by atoms with E-state index in [1.54, 1.807) is 32.9 Å². The predicted octanol–water partition coefficient (Wildman–Crippen LogP) is 3.50. The van der Waals surface area contributed by atoms with Gasteiger partial charge in [0.25, 0.3) is 0 Å². The molecule has 1 atom stereocenters. The molecule has 168 valence electrons. The Morgan fingerprint density at radius 2 is 2.03 bits per heavy atom. The van der Waals surface area contributed by atoms with Crippen LogP contribution in [0.2, 0.25) is 0 Å². The van der Waals surface area contributed by atoms with Crippen LogP contribution in [0.3, 0.4) is 0 Å². The largest absolute Gasteiger partial charge is 0.444 e. The van der Waals surface area contributed by atoms with Gasteiger partial charge >= 0.3 is 12.2 Å². The first-order valence-electron chi connectivity index (χ1n) is 10.5. The summed E-state index contributed by atoms with van der Waals surface area (Å²) in [5, 5.41) is 2.64. The van der Waals surface area contributed by atoms with Gasteiger partial charge in [-0.3, -0.25) is 9.69 Å². The molecule has 0 saturated carbocycles. The van der Waals surface area contributed by atoms with Crippen LogP contribution >= 0.6 is 0 Å². The first kappa shape index (κ1) is 22.7. The molecule has 8 nitrogen and oxygen atoms in total. The minimum atomic E-state index is -0.594. The molecular weight excluding hydrogens is 398 g/mol. The van der Waals surface area contributed by atoms with E-state index in [0.29, 0.717) is 17.8 Å². The number of hydrogen-bond donors (Lipinski definition) is 1. The number of Topliss-reactive ketones (excluding diaryl/α,β-unsaturated/α-hetero) is 1. The summed E-state index contributed by atoms with van der Waals surface area (Å²) in [5.74, 6) is 0.0381. The van der Waals surface area contributed by atoms with Crippen LogP contribution < -0.4 is 10.2 Å². The van der Waals surface area contributed by atoms with Crippen molar-refractivity contribution in [2.24, 2.45) is 0 Å². The van der Waals surface area contributed by atoms with Crippen LogP contribution in [0.15, 0.2) is 30.0 Å². The zero-order valence-electron chi connectivity index (χ0n) is 18.9. The highest BCUT2D eigenvalue weighted by molar-refractivity contribution is 6.10. The van der Waals surface area contributed by atoms with Gasteiger partial charge in [-0.15, -0.1) is 0 Å². The Hall–Kier alpha value is -3.03. The minimum Gasteiger partial charge on any atom is -0.444 e. The third-order valence-corrected chi connectivity index (χ3v) is 4.99. The first-order valence-corrected chi connectivity index (χ1v) is 10.5. The van der Waals surface area contributed by atoms with Crippen molar-refractivity contribution >= 4 is 23.7 Å². The van der Waals surface area contributed by atoms with Crippen molar-refractivity contribution in [2.75, 3.05) is 32.1 Å². The average molecular weight is 430 g/mol. The minimum absolute atomic E-state index is 0.0381. The quantitative estimate of drug-likeness (QED) is 0.582. The van der Waals surface area contributed by atoms with E-state index in [1.165, 1.54) is 4.90 Å². The highest BCUT2D eigenvalue weighted by Gasteiger charge is 2.33. The average Bonchev–Trinajstić information content (AvgIpc) is 2.96. The molecule has 8 heteroatoms. The van der Waals surface area contributed by atoms with Gasteiger partial charge in [0.2, 0.25) is 0 Å². The number of nitrogens with one attached hydrogen (secondary N) is 1. The van der Waals surface area contributed by atoms with Gasteiger partial charge in [-0.2, -0.15) is 0 Å². The number of fused-ring (bicyclic) bond motifs is 1. The molecule has 1 aromatic carbocycles. The summed E-state index contributed by atoms with van der Waals surface area (Å²) in [5.41, 5.74) is 2.52. The van der Waals surface area contributed by atoms with Crippen LogP contribution in [0.4, 0.5) is 15.3 Å². The van der Waals surface area contributed by atoms with Crippen molar-refractivity contribution in [2.45, 2.75) is 51.7 Å². The molecule has 1 aliphatic heterocycles. The molecule has 0 unspecified atom stereocenters. The zero-order valence-corrected chi connectivity index (χ0v) is 18.9. The summed E-state index contributed by atoms with van der Waals surface area (Å²) in [7, 11) is 3.81. The summed E-state index contributed by atoms with van der Waals surface area (Å²) in [6.45, 7) is 5.83. The van der Waals surface area contributed by atoms with Crippen LogP contribution in [-0.4, -0.2) is 61.8 Å². The summed E-state index contributed by atoms with van der Waals surface area (Å²) >= 11 is 0. The fraction of sp³-hybridized carbons (Fsp3) is 0.522. The van der Waals surface area contributed by atoms with Crippen LogP contribution in [0.25, 0.3) is 0 Å². The highest BCUT2D eigenvalue weighted by Crippen LogP contribution is 2.30. The third kappa shape index (κ3) is 5.77. The van der Waals surface area contributed by atoms with E-state index < -0.39 is 23.9 Å². The molecule has 3 rings (SSSR count). The number of rotatable bonds is 4. The van der Waals surface area contributed by atoms with Crippen LogP contribution in [0.1, 0.15) is 49.5 Å². The van der Waals surface area contributed by atoms with E-state index in [4.69, 9.17) is 9.47 Å². The fourth-order valence-corrected chi connectivity index (χ4v) is 3.72. The Kier molecular flexibility index (Phi) is 6.57. The van der Waals surface area contributed by atoms with Gasteiger partial charge in [0, 0.05) is 37.1 Å². The number of cyclic esters (lactones) is 1. The molecule has 1 fully saturated rings. The fourth-order valence-electron chi connectivity index (χ4n) is 3.72. The SMILES string of the molecule is CN(C)C=C1CCCc2cc(N3C[C@H](CNC(=O)OC(C)(C)C)OC3=O)ccc2C1=O. The lowest BCUT2D eigenvalue weighted by molar-refractivity contribution is 0.0496. The summed E-state index contributed by atoms with van der Waals surface area (Å²) < 4.78 is 10.6. The first-order chi connectivity index (χ1) is 14.5. The second-order valence-corrected chi connectivity index (χ2v) is 9.14. The number of aryl methyl sites for hydroxylation is 1. The lowest BCUT2D eigenvalue weighted by Crippen LogP contribution is -2.38. The maximum Gasteiger partial charge on any atom is 0.414 e. The molecule has 2 aliphatic rings. The maximum atomic E-state index is 12.9. The Balaban J connectivity index is 1.69. The molecule has 1 heterocycles. The Bertz CT molecular complexity index is 901. The number of ketones is 1. The smallest absolute Gasteiger partial charge is 0.414 e. The standard InChI is InChI=1S/C23H31N3O5/c1-23(2,3)31-21(28)24-12-18-14-26(22(29)30-18)17-9-10-19-15(11-17)7-6-8-16(20(19)27)13-25(4)5/h9-11,13,18H,6-8,12,14H2,1-5H3,(H,24,28)/t18-/m0/s1. The van der Waals surface area contributed by atoms with E-state index in [2.05, 4.69) is 5.32 Å². The molecule has 0 aromatic heterocycles. The molecule has 1 N–H and O–H groups in total. The predicted molar refractivity (Wildman–Crippen MR) is 117 cm³/mol. The van der Waals surface area contributed by atoms with E-state index in [-0.39, 0.29) is 12.3 Å². The second-order valence-electron chi connectivity index (χ2n) is 9.14. The molecule has 0 spiro atoms. The van der Waals surface area contributed by atoms with Crippen LogP contribution in [0, 0.1) is 0 Å². The Morgan fingerprint density at radius 1 is 1.29 bits per heavy atom. The Morgan fingerprint density at radius 3 is 2.71 bits per heavy atom. The van der Waals surface area contributed by atoms with Crippen LogP contribution in [-0.2, 0) is 15.9 Å². The number of ether oxygens (including phenoxy) is 2. The number of hydrogen-bond acceptors (Lipinski definition) is 6. The lowest BCUT2D eigenvalue weighted by atomic mass is 9.99. The van der Waals surface area contributed by atoms with Crippen molar-refractivity contribution in [1.29, 1.82) is 0 Å². The van der Waals surface area contributed by atoms with Gasteiger partial charge in [0.1, 0.15) is 11.7 Å². The Labute approximate surface area is 183 Å². The van der Waals surface area contributed by atoms with Gasteiger partial charge in [-0.05, 0) is 63.8 Å². The van der Waals surface area contributed by atoms with Gasteiger partial charge in [0.15, 0.2) is 5.78 Å². The molecule has 0 bridgehead atoms. The number of benzene rings is 1. The second kappa shape index (κ2) is 8.99. The summed E-state index contributed by atoms with van der Waals surface area (Å²) in [6, 6.07) is 5.47. The number of nitrogens with zero attached hydrogens (tertiary/aromatic N) is 2. The van der Waals surface area contributed by atoms with Crippen molar-refractivity contribution in [3.8, 4) is 0 Å². The zero-order chi connectivity index (χ0) is 22.8. The van der Waals surface area contributed by atoms with Crippen molar-refractivity contribution in [3.63, 3.8) is 0 Å². The normalized spacial score (nSPS) is 20.2. The van der Waals surface area contributed by atoms with E-state index >= 15 is 0 Å². The number of carbonyl (C=O) groups excluding carboxylic acids is 3. The van der Waals surface area contributed by atoms with Crippen molar-refractivity contribution < 1.29 is 23.9 Å². The van der Waals surface area contributed by atoms with Crippen LogP contribution in [0.5, 0.6) is 0 Å². The van der Waals surface area contributed by atoms with E-state index in [1.807, 2.05) is 31.3 Å². The monoisotopic (exact) mass is 429 g/mol. The number of alkyl carbamates (subject to hydrolysis) is 1. The molecule has 31 heavy (non-hydrogen) atoms. The van der Waals surface area contributed by atoms with Gasteiger partial charge in [-0.1, -0.05) is 0 Å². The van der Waals surface area contributed by atoms with Crippen molar-refractivity contribution in [3.05, 3.63) is 41.1 Å². The van der Waals surface area contributed by atoms with Crippen molar-refractivity contribution in [1.82, 2.24) is 10.2 Å². The van der Waals surface area contributed by atoms with E-state index in [9.17, 15) is 14.4 Å². The van der Waals surface area contributed by atoms with Gasteiger partial charge < -0.3 is 19.7 Å². The lowest BCUT2D eigenvalue weighted by Gasteiger charge is -2.20. The molecule has 1 aliphatic carbocycles. The summed E-state index contributed by atoms with van der Waals surface area (Å²) in [4.78, 5) is 40.6. The van der Waals surface area contributed by atoms with E-state index in [0.717, 1.165) is 30.4 Å². The molecule has 2 amide bonds. The molecule has 1 aromatic rings. The number of carbonyl (C=O) groups is 3. The van der Waals surface area contributed by atoms with Gasteiger partial charge in [0.05, 0.1) is 13.1 Å². The summed E-state index contributed by atoms with van der Waals surface area (Å²) in [6.07, 6.45) is 2.75. The third-order valence-electron chi connectivity index (χ3n) is 4.99.